The van der Waals surface area contributed by atoms with E-state index in [0.717, 1.165) is 19.4 Å². The molecule has 0 N–H and O–H groups in total. The minimum Gasteiger partial charge on any atom is -0.375 e. The summed E-state index contributed by atoms with van der Waals surface area (Å²) in [5.41, 5.74) is 0. The van der Waals surface area contributed by atoms with Gasteiger partial charge < -0.3 is 4.84 Å². The summed E-state index contributed by atoms with van der Waals surface area (Å²) in [4.78, 5) is 17.6. The van der Waals surface area contributed by atoms with E-state index in [4.69, 9.17) is 4.84 Å². The average Bonchev–Trinajstić information content (AvgIpc) is 2.59. The van der Waals surface area contributed by atoms with Crippen LogP contribution in [-0.2, 0) is 9.63 Å². The third kappa shape index (κ3) is 2.66. The first-order chi connectivity index (χ1) is 7.59. The van der Waals surface area contributed by atoms with Gasteiger partial charge >= 0.3 is 5.97 Å². The summed E-state index contributed by atoms with van der Waals surface area (Å²) >= 11 is 0. The van der Waals surface area contributed by atoms with Crippen molar-refractivity contribution in [3.8, 4) is 0 Å². The van der Waals surface area contributed by atoms with Gasteiger partial charge in [-0.05, 0) is 25.3 Å². The molecule has 0 aromatic carbocycles. The van der Waals surface area contributed by atoms with E-state index in [9.17, 15) is 4.79 Å². The molecule has 0 atom stereocenters. The smallest absolute Gasteiger partial charge is 0.327 e. The Labute approximate surface area is 99.2 Å². The van der Waals surface area contributed by atoms with Crippen LogP contribution in [0.3, 0.4) is 0 Å². The highest BCUT2D eigenvalue weighted by molar-refractivity contribution is 6.75. The first kappa shape index (κ1) is 12.1. The predicted octanol–water partition coefficient (Wildman–Crippen LogP) is 2.94. The van der Waals surface area contributed by atoms with Crippen molar-refractivity contribution in [1.29, 1.82) is 0 Å². The van der Waals surface area contributed by atoms with E-state index in [1.165, 1.54) is 31.7 Å². The van der Waals surface area contributed by atoms with Crippen LogP contribution >= 0.6 is 0 Å². The van der Waals surface area contributed by atoms with E-state index < -0.39 is 8.24 Å². The molecule has 0 aromatic rings. The normalized spacial score (nSPS) is 26.9. The fourth-order valence-electron chi connectivity index (χ4n) is 2.77. The third-order valence-electron chi connectivity index (χ3n) is 3.96. The largest absolute Gasteiger partial charge is 0.375 e. The Morgan fingerprint density at radius 1 is 1.19 bits per heavy atom. The summed E-state index contributed by atoms with van der Waals surface area (Å²) < 4.78 is 2.03. The molecule has 0 spiro atoms. The van der Waals surface area contributed by atoms with Gasteiger partial charge in [-0.2, -0.15) is 4.73 Å². The zero-order chi connectivity index (χ0) is 11.6. The predicted molar refractivity (Wildman–Crippen MR) is 66.3 cm³/mol. The van der Waals surface area contributed by atoms with Crippen LogP contribution < -0.4 is 0 Å². The fraction of sp³-hybridized carbons (Fsp3) is 0.917. The van der Waals surface area contributed by atoms with Crippen molar-refractivity contribution < 1.29 is 9.63 Å². The summed E-state index contributed by atoms with van der Waals surface area (Å²) in [5, 5.41) is 0. The molecule has 1 aliphatic carbocycles. The average molecular weight is 241 g/mol. The molecule has 3 nitrogen and oxygen atoms in total. The van der Waals surface area contributed by atoms with Crippen molar-refractivity contribution in [2.75, 3.05) is 6.54 Å². The zero-order valence-corrected chi connectivity index (χ0v) is 11.5. The molecular weight excluding hydrogens is 218 g/mol. The second-order valence-corrected chi connectivity index (χ2v) is 10.4. The van der Waals surface area contributed by atoms with Crippen LogP contribution in [0.25, 0.3) is 0 Å². The minimum atomic E-state index is -1.41. The molecule has 2 rings (SSSR count). The molecule has 1 saturated heterocycles. The van der Waals surface area contributed by atoms with Crippen LogP contribution in [0.1, 0.15) is 38.5 Å². The molecule has 2 fully saturated rings. The first-order valence-corrected chi connectivity index (χ1v) is 9.74. The van der Waals surface area contributed by atoms with Crippen LogP contribution in [0.2, 0.25) is 19.1 Å². The molecular formula is C12H23NO2Si. The van der Waals surface area contributed by atoms with E-state index in [-0.39, 0.29) is 11.9 Å². The maximum Gasteiger partial charge on any atom is 0.327 e. The number of nitrogens with zero attached hydrogens (tertiary/aromatic N) is 1. The SMILES string of the molecule is C[Si]1(C)CCCN1OC(=O)C1CCCCC1. The summed E-state index contributed by atoms with van der Waals surface area (Å²) in [6, 6.07) is 1.25. The van der Waals surface area contributed by atoms with Crippen molar-refractivity contribution >= 4 is 14.2 Å². The maximum atomic E-state index is 12.0. The van der Waals surface area contributed by atoms with Gasteiger partial charge in [0.15, 0.2) is 8.24 Å². The molecule has 1 heterocycles. The van der Waals surface area contributed by atoms with Crippen molar-refractivity contribution in [3.63, 3.8) is 0 Å². The van der Waals surface area contributed by atoms with E-state index >= 15 is 0 Å². The fourth-order valence-corrected chi connectivity index (χ4v) is 5.15. The molecule has 0 bridgehead atoms. The molecule has 0 radical (unpaired) electrons. The molecule has 1 saturated carbocycles. The van der Waals surface area contributed by atoms with Crippen molar-refractivity contribution in [2.24, 2.45) is 5.92 Å². The molecule has 0 unspecified atom stereocenters. The molecule has 0 amide bonds. The number of carbonyl (C=O) groups excluding carboxylic acids is 1. The summed E-state index contributed by atoms with van der Waals surface area (Å²) in [7, 11) is -1.41. The van der Waals surface area contributed by atoms with Gasteiger partial charge in [-0.15, -0.1) is 0 Å². The number of rotatable bonds is 2. The van der Waals surface area contributed by atoms with Crippen LogP contribution in [0.15, 0.2) is 0 Å². The molecule has 0 aromatic heterocycles. The Hall–Kier alpha value is -0.353. The number of hydroxylamine groups is 1. The highest BCUT2D eigenvalue weighted by atomic mass is 28.3. The second-order valence-electron chi connectivity index (χ2n) is 5.76. The third-order valence-corrected chi connectivity index (χ3v) is 7.21. The van der Waals surface area contributed by atoms with E-state index in [2.05, 4.69) is 13.1 Å². The van der Waals surface area contributed by atoms with Crippen LogP contribution in [0, 0.1) is 5.92 Å². The summed E-state index contributed by atoms with van der Waals surface area (Å²) in [5.74, 6) is 0.223. The van der Waals surface area contributed by atoms with Gasteiger partial charge in [0.25, 0.3) is 0 Å². The zero-order valence-electron chi connectivity index (χ0n) is 10.5. The first-order valence-electron chi connectivity index (χ1n) is 6.59. The Morgan fingerprint density at radius 3 is 2.44 bits per heavy atom. The number of hydrogen-bond donors (Lipinski definition) is 0. The molecule has 92 valence electrons. The lowest BCUT2D eigenvalue weighted by molar-refractivity contribution is -0.177. The van der Waals surface area contributed by atoms with Gasteiger partial charge in [-0.1, -0.05) is 32.4 Å². The van der Waals surface area contributed by atoms with Crippen molar-refractivity contribution in [3.05, 3.63) is 0 Å². The van der Waals surface area contributed by atoms with Gasteiger partial charge in [0.05, 0.1) is 5.92 Å². The van der Waals surface area contributed by atoms with E-state index in [0.29, 0.717) is 0 Å². The van der Waals surface area contributed by atoms with Gasteiger partial charge in [0, 0.05) is 6.54 Å². The highest BCUT2D eigenvalue weighted by Crippen LogP contribution is 2.29. The molecule has 1 aliphatic heterocycles. The second kappa shape index (κ2) is 4.88. The topological polar surface area (TPSA) is 29.5 Å². The van der Waals surface area contributed by atoms with Gasteiger partial charge in [0.1, 0.15) is 0 Å². The van der Waals surface area contributed by atoms with Gasteiger partial charge in [-0.3, -0.25) is 4.79 Å². The van der Waals surface area contributed by atoms with Gasteiger partial charge in [-0.25, -0.2) is 0 Å². The van der Waals surface area contributed by atoms with E-state index in [1.807, 2.05) is 4.73 Å². The molecule has 4 heteroatoms. The van der Waals surface area contributed by atoms with Crippen LogP contribution in [0.4, 0.5) is 0 Å². The standard InChI is InChI=1S/C12H23NO2Si/c1-16(2)10-6-9-13(16)15-12(14)11-7-4-3-5-8-11/h11H,3-10H2,1-2H3. The quantitative estimate of drug-likeness (QED) is 0.696. The number of carbonyl (C=O) groups is 1. The monoisotopic (exact) mass is 241 g/mol. The highest BCUT2D eigenvalue weighted by Gasteiger charge is 2.38. The van der Waals surface area contributed by atoms with Crippen molar-refractivity contribution in [2.45, 2.75) is 57.7 Å². The van der Waals surface area contributed by atoms with Crippen molar-refractivity contribution in [1.82, 2.24) is 4.73 Å². The Bertz CT molecular complexity index is 262. The Kier molecular flexibility index (Phi) is 3.69. The summed E-state index contributed by atoms with van der Waals surface area (Å²) in [6.45, 7) is 5.53. The van der Waals surface area contributed by atoms with Crippen LogP contribution in [0.5, 0.6) is 0 Å². The number of hydrogen-bond acceptors (Lipinski definition) is 3. The lowest BCUT2D eigenvalue weighted by atomic mass is 9.89. The minimum absolute atomic E-state index is 0.0437. The summed E-state index contributed by atoms with van der Waals surface area (Å²) in [6.07, 6.45) is 6.94. The van der Waals surface area contributed by atoms with Crippen LogP contribution in [-0.4, -0.2) is 25.5 Å². The molecule has 2 aliphatic rings. The van der Waals surface area contributed by atoms with E-state index in [1.54, 1.807) is 0 Å². The Morgan fingerprint density at radius 2 is 1.88 bits per heavy atom. The molecule has 16 heavy (non-hydrogen) atoms. The maximum absolute atomic E-state index is 12.0. The van der Waals surface area contributed by atoms with Gasteiger partial charge in [0.2, 0.25) is 0 Å². The Balaban J connectivity index is 1.86. The lowest BCUT2D eigenvalue weighted by Crippen LogP contribution is -2.45. The lowest BCUT2D eigenvalue weighted by Gasteiger charge is -2.30.